The summed E-state index contributed by atoms with van der Waals surface area (Å²) in [6.07, 6.45) is 2.17. The highest BCUT2D eigenvalue weighted by Crippen LogP contribution is 2.24. The molecule has 1 aromatic heterocycles. The van der Waals surface area contributed by atoms with E-state index in [9.17, 15) is 14.7 Å². The number of aromatic nitrogens is 2. The highest BCUT2D eigenvalue weighted by atomic mass is 32.2. The monoisotopic (exact) mass is 394 g/mol. The smallest absolute Gasteiger partial charge is 0.265 e. The van der Waals surface area contributed by atoms with E-state index in [0.29, 0.717) is 28.4 Å². The van der Waals surface area contributed by atoms with Crippen LogP contribution in [-0.4, -0.2) is 26.2 Å². The normalized spacial score (nSPS) is 10.8. The van der Waals surface area contributed by atoms with Crippen molar-refractivity contribution in [3.8, 4) is 11.6 Å². The largest absolute Gasteiger partial charge is 0.493 e. The molecule has 0 saturated carbocycles. The number of unbranched alkanes of at least 4 members (excludes halogenated alkanes) is 1. The number of rotatable bonds is 8. The maximum absolute atomic E-state index is 13.1. The number of nitrogens with zero attached hydrogens (tertiary/aromatic N) is 2. The highest BCUT2D eigenvalue weighted by Gasteiger charge is 2.18. The van der Waals surface area contributed by atoms with Crippen molar-refractivity contribution in [1.82, 2.24) is 9.55 Å². The zero-order valence-electron chi connectivity index (χ0n) is 15.7. The average molecular weight is 394 g/mol. The number of aromatic hydroxyl groups is 1. The van der Waals surface area contributed by atoms with E-state index in [1.54, 1.807) is 12.1 Å². The van der Waals surface area contributed by atoms with Gasteiger partial charge in [0.25, 0.3) is 5.56 Å². The van der Waals surface area contributed by atoms with E-state index >= 15 is 0 Å². The van der Waals surface area contributed by atoms with Crippen molar-refractivity contribution >= 4 is 17.5 Å². The van der Waals surface area contributed by atoms with E-state index in [-0.39, 0.29) is 23.0 Å². The van der Waals surface area contributed by atoms with Crippen LogP contribution in [0.4, 0.5) is 0 Å². The summed E-state index contributed by atoms with van der Waals surface area (Å²) < 4.78 is 1.48. The SMILES string of the molecule is CCCCc1c(O)nc(SCC(=O)c2ccccc2)n(-c2ccccc2)c1=O. The van der Waals surface area contributed by atoms with E-state index in [1.165, 1.54) is 4.57 Å². The van der Waals surface area contributed by atoms with Gasteiger partial charge in [0.1, 0.15) is 0 Å². The van der Waals surface area contributed by atoms with Crippen LogP contribution in [0.5, 0.6) is 5.88 Å². The molecule has 0 bridgehead atoms. The van der Waals surface area contributed by atoms with Crippen LogP contribution in [0.25, 0.3) is 5.69 Å². The molecule has 2 aromatic carbocycles. The van der Waals surface area contributed by atoms with Gasteiger partial charge < -0.3 is 5.11 Å². The predicted molar refractivity (Wildman–Crippen MR) is 112 cm³/mol. The minimum atomic E-state index is -0.290. The molecule has 0 spiro atoms. The molecule has 0 amide bonds. The van der Waals surface area contributed by atoms with Gasteiger partial charge >= 0.3 is 0 Å². The first-order valence-corrected chi connectivity index (χ1v) is 10.2. The average Bonchev–Trinajstić information content (AvgIpc) is 2.73. The quantitative estimate of drug-likeness (QED) is 0.351. The van der Waals surface area contributed by atoms with E-state index in [0.717, 1.165) is 24.6 Å². The minimum Gasteiger partial charge on any atom is -0.493 e. The zero-order chi connectivity index (χ0) is 19.9. The molecule has 0 fully saturated rings. The lowest BCUT2D eigenvalue weighted by Gasteiger charge is -2.14. The van der Waals surface area contributed by atoms with Crippen LogP contribution in [0.2, 0.25) is 0 Å². The second-order valence-electron chi connectivity index (χ2n) is 6.35. The summed E-state index contributed by atoms with van der Waals surface area (Å²) in [5.74, 6) is -0.189. The Morgan fingerprint density at radius 1 is 1.07 bits per heavy atom. The van der Waals surface area contributed by atoms with Gasteiger partial charge in [-0.1, -0.05) is 73.6 Å². The lowest BCUT2D eigenvalue weighted by atomic mass is 10.1. The third-order valence-electron chi connectivity index (χ3n) is 4.35. The number of Topliss-reactive ketones (excluding diaryl/α,β-unsaturated/α-hetero) is 1. The Morgan fingerprint density at radius 2 is 1.71 bits per heavy atom. The minimum absolute atomic E-state index is 0.0611. The number of hydrogen-bond donors (Lipinski definition) is 1. The van der Waals surface area contributed by atoms with Crippen molar-refractivity contribution < 1.29 is 9.90 Å². The predicted octanol–water partition coefficient (Wildman–Crippen LogP) is 4.26. The molecule has 0 aliphatic rings. The Balaban J connectivity index is 1.97. The molecule has 0 radical (unpaired) electrons. The van der Waals surface area contributed by atoms with Crippen LogP contribution in [0, 0.1) is 0 Å². The maximum Gasteiger partial charge on any atom is 0.265 e. The molecule has 1 N–H and O–H groups in total. The standard InChI is InChI=1S/C22H22N2O3S/c1-2-3-14-18-20(26)23-22(24(21(18)27)17-12-8-5-9-13-17)28-15-19(25)16-10-6-4-7-11-16/h4-13,26H,2-3,14-15H2,1H3. The first-order valence-electron chi connectivity index (χ1n) is 9.23. The van der Waals surface area contributed by atoms with E-state index in [1.807, 2.05) is 55.5 Å². The molecule has 0 saturated heterocycles. The van der Waals surface area contributed by atoms with E-state index in [2.05, 4.69) is 4.98 Å². The molecule has 3 rings (SSSR count). The fourth-order valence-electron chi connectivity index (χ4n) is 2.84. The van der Waals surface area contributed by atoms with Crippen molar-refractivity contribution in [2.75, 3.05) is 5.75 Å². The third kappa shape index (κ3) is 4.51. The second-order valence-corrected chi connectivity index (χ2v) is 7.30. The van der Waals surface area contributed by atoms with Crippen molar-refractivity contribution in [2.45, 2.75) is 31.3 Å². The van der Waals surface area contributed by atoms with Crippen molar-refractivity contribution in [3.63, 3.8) is 0 Å². The van der Waals surface area contributed by atoms with Gasteiger partial charge in [-0.3, -0.25) is 14.2 Å². The molecule has 28 heavy (non-hydrogen) atoms. The lowest BCUT2D eigenvalue weighted by molar-refractivity contribution is 0.102. The number of carbonyl (C=O) groups is 1. The van der Waals surface area contributed by atoms with Crippen molar-refractivity contribution in [1.29, 1.82) is 0 Å². The summed E-state index contributed by atoms with van der Waals surface area (Å²) in [6, 6.07) is 18.2. The van der Waals surface area contributed by atoms with Crippen LogP contribution < -0.4 is 5.56 Å². The van der Waals surface area contributed by atoms with Crippen molar-refractivity contribution in [3.05, 3.63) is 82.1 Å². The third-order valence-corrected chi connectivity index (χ3v) is 5.29. The van der Waals surface area contributed by atoms with Crippen LogP contribution in [0.1, 0.15) is 35.7 Å². The van der Waals surface area contributed by atoms with Gasteiger partial charge in [0.15, 0.2) is 10.9 Å². The van der Waals surface area contributed by atoms with E-state index < -0.39 is 0 Å². The molecule has 0 aliphatic heterocycles. The molecule has 3 aromatic rings. The van der Waals surface area contributed by atoms with Gasteiger partial charge in [-0.05, 0) is 25.0 Å². The second kappa shape index (κ2) is 9.37. The molecule has 144 valence electrons. The number of para-hydroxylation sites is 1. The molecule has 6 heteroatoms. The molecule has 0 aliphatic carbocycles. The van der Waals surface area contributed by atoms with Crippen molar-refractivity contribution in [2.24, 2.45) is 0 Å². The Morgan fingerprint density at radius 3 is 2.36 bits per heavy atom. The summed E-state index contributed by atoms with van der Waals surface area (Å²) >= 11 is 1.15. The van der Waals surface area contributed by atoms with Gasteiger partial charge in [0.2, 0.25) is 5.88 Å². The number of ketones is 1. The fourth-order valence-corrected chi connectivity index (χ4v) is 3.73. The number of carbonyl (C=O) groups excluding carboxylic acids is 1. The molecule has 5 nitrogen and oxygen atoms in total. The summed E-state index contributed by atoms with van der Waals surface area (Å²) in [5, 5.41) is 10.6. The first-order chi connectivity index (χ1) is 13.6. The van der Waals surface area contributed by atoms with Crippen LogP contribution in [-0.2, 0) is 6.42 Å². The maximum atomic E-state index is 13.1. The van der Waals surface area contributed by atoms with Gasteiger partial charge in [-0.2, -0.15) is 4.98 Å². The van der Waals surface area contributed by atoms with Gasteiger partial charge in [0.05, 0.1) is 17.0 Å². The van der Waals surface area contributed by atoms with Gasteiger partial charge in [-0.25, -0.2) is 0 Å². The number of benzene rings is 2. The molecule has 1 heterocycles. The Bertz CT molecular complexity index is 1000. The molecular formula is C22H22N2O3S. The first kappa shape index (κ1) is 19.9. The van der Waals surface area contributed by atoms with Crippen LogP contribution in [0.15, 0.2) is 70.6 Å². The zero-order valence-corrected chi connectivity index (χ0v) is 16.5. The summed E-state index contributed by atoms with van der Waals surface area (Å²) in [6.45, 7) is 2.03. The number of thioether (sulfide) groups is 1. The molecular weight excluding hydrogens is 372 g/mol. The Hall–Kier alpha value is -2.86. The van der Waals surface area contributed by atoms with Crippen LogP contribution >= 0.6 is 11.8 Å². The molecule has 0 atom stereocenters. The molecule has 0 unspecified atom stereocenters. The number of hydrogen-bond acceptors (Lipinski definition) is 5. The van der Waals surface area contributed by atoms with E-state index in [4.69, 9.17) is 0 Å². The fraction of sp³-hybridized carbons (Fsp3) is 0.227. The van der Waals surface area contributed by atoms with Gasteiger partial charge in [-0.15, -0.1) is 0 Å². The lowest BCUT2D eigenvalue weighted by Crippen LogP contribution is -2.25. The Labute approximate surface area is 168 Å². The highest BCUT2D eigenvalue weighted by molar-refractivity contribution is 7.99. The van der Waals surface area contributed by atoms with Gasteiger partial charge in [0, 0.05) is 5.56 Å². The summed E-state index contributed by atoms with van der Waals surface area (Å²) in [5.41, 5.74) is 1.28. The van der Waals surface area contributed by atoms with Crippen LogP contribution in [0.3, 0.4) is 0 Å². The summed E-state index contributed by atoms with van der Waals surface area (Å²) in [7, 11) is 0. The Kier molecular flexibility index (Phi) is 6.66. The topological polar surface area (TPSA) is 72.2 Å². The summed E-state index contributed by atoms with van der Waals surface area (Å²) in [4.78, 5) is 29.8.